The molecule has 33 heavy (non-hydrogen) atoms. The van der Waals surface area contributed by atoms with E-state index in [1.165, 1.54) is 23.2 Å². The van der Waals surface area contributed by atoms with Crippen LogP contribution >= 0.6 is 0 Å². The first-order valence-electron chi connectivity index (χ1n) is 11.2. The molecule has 0 spiro atoms. The van der Waals surface area contributed by atoms with E-state index >= 15 is 0 Å². The highest BCUT2D eigenvalue weighted by atomic mass is 32.2. The molecule has 1 amide bonds. The van der Waals surface area contributed by atoms with Gasteiger partial charge in [-0.25, -0.2) is 8.42 Å². The summed E-state index contributed by atoms with van der Waals surface area (Å²) in [6.07, 6.45) is 6.21. The quantitative estimate of drug-likeness (QED) is 0.533. The van der Waals surface area contributed by atoms with Gasteiger partial charge >= 0.3 is 0 Å². The summed E-state index contributed by atoms with van der Waals surface area (Å²) >= 11 is 0. The Bertz CT molecular complexity index is 1030. The SMILES string of the molecule is COc1ccccc1N(CCCC(=O)N1CCN(C/C=C/c2ccccc2)CC1)S(C)(=O)=O. The topological polar surface area (TPSA) is 70.2 Å². The average molecular weight is 472 g/mol. The smallest absolute Gasteiger partial charge is 0.232 e. The molecule has 0 radical (unpaired) electrons. The zero-order chi connectivity index (χ0) is 23.7. The Morgan fingerprint density at radius 1 is 1.03 bits per heavy atom. The summed E-state index contributed by atoms with van der Waals surface area (Å²) in [6.45, 7) is 4.15. The van der Waals surface area contributed by atoms with Crippen LogP contribution < -0.4 is 9.04 Å². The third kappa shape index (κ3) is 7.33. The summed E-state index contributed by atoms with van der Waals surface area (Å²) in [5.41, 5.74) is 1.68. The molecule has 0 N–H and O–H groups in total. The van der Waals surface area contributed by atoms with E-state index in [0.717, 1.165) is 19.6 Å². The molecule has 0 aliphatic carbocycles. The van der Waals surface area contributed by atoms with Gasteiger partial charge in [0.15, 0.2) is 0 Å². The maximum atomic E-state index is 12.7. The Kier molecular flexibility index (Phi) is 8.91. The number of anilines is 1. The van der Waals surface area contributed by atoms with Gasteiger partial charge in [-0.1, -0.05) is 54.6 Å². The number of nitrogens with zero attached hydrogens (tertiary/aromatic N) is 3. The minimum atomic E-state index is -3.49. The van der Waals surface area contributed by atoms with Crippen molar-refractivity contribution in [3.63, 3.8) is 0 Å². The van der Waals surface area contributed by atoms with Crippen LogP contribution in [-0.4, -0.2) is 76.8 Å². The van der Waals surface area contributed by atoms with Gasteiger partial charge in [0, 0.05) is 45.7 Å². The fraction of sp³-hybridized carbons (Fsp3) is 0.400. The summed E-state index contributed by atoms with van der Waals surface area (Å²) in [5.74, 6) is 0.564. The predicted octanol–water partition coefficient (Wildman–Crippen LogP) is 3.10. The van der Waals surface area contributed by atoms with E-state index < -0.39 is 10.0 Å². The number of hydrogen-bond donors (Lipinski definition) is 0. The number of para-hydroxylation sites is 2. The maximum absolute atomic E-state index is 12.7. The summed E-state index contributed by atoms with van der Waals surface area (Å²) in [4.78, 5) is 16.9. The Labute approximate surface area is 197 Å². The lowest BCUT2D eigenvalue weighted by molar-refractivity contribution is -0.132. The lowest BCUT2D eigenvalue weighted by Crippen LogP contribution is -2.48. The van der Waals surface area contributed by atoms with Gasteiger partial charge in [0.25, 0.3) is 0 Å². The second-order valence-electron chi connectivity index (χ2n) is 8.10. The zero-order valence-electron chi connectivity index (χ0n) is 19.4. The second kappa shape index (κ2) is 11.9. The summed E-state index contributed by atoms with van der Waals surface area (Å²) in [7, 11) is -1.98. The molecule has 1 fully saturated rings. The molecule has 0 unspecified atom stereocenters. The van der Waals surface area contributed by atoms with Crippen molar-refractivity contribution in [3.8, 4) is 5.75 Å². The van der Waals surface area contributed by atoms with Gasteiger partial charge in [-0.15, -0.1) is 0 Å². The largest absolute Gasteiger partial charge is 0.495 e. The fourth-order valence-electron chi connectivity index (χ4n) is 3.91. The van der Waals surface area contributed by atoms with Crippen LogP contribution in [-0.2, 0) is 14.8 Å². The van der Waals surface area contributed by atoms with Gasteiger partial charge in [0.05, 0.1) is 19.1 Å². The van der Waals surface area contributed by atoms with Gasteiger partial charge in [-0.2, -0.15) is 0 Å². The number of carbonyl (C=O) groups is 1. The number of amides is 1. The molecule has 1 aliphatic rings. The first-order chi connectivity index (χ1) is 15.9. The number of piperazine rings is 1. The molecular weight excluding hydrogens is 438 g/mol. The van der Waals surface area contributed by atoms with Crippen LogP contribution in [0.5, 0.6) is 5.75 Å². The lowest BCUT2D eigenvalue weighted by atomic mass is 10.2. The summed E-state index contributed by atoms with van der Waals surface area (Å²) in [6, 6.07) is 17.2. The number of sulfonamides is 1. The number of methoxy groups -OCH3 is 1. The minimum Gasteiger partial charge on any atom is -0.495 e. The van der Waals surface area contributed by atoms with E-state index in [0.29, 0.717) is 37.4 Å². The predicted molar refractivity (Wildman–Crippen MR) is 133 cm³/mol. The highest BCUT2D eigenvalue weighted by molar-refractivity contribution is 7.92. The molecule has 0 aromatic heterocycles. The van der Waals surface area contributed by atoms with Crippen molar-refractivity contribution in [2.45, 2.75) is 12.8 Å². The van der Waals surface area contributed by atoms with Crippen molar-refractivity contribution in [1.82, 2.24) is 9.80 Å². The van der Waals surface area contributed by atoms with E-state index in [4.69, 9.17) is 4.74 Å². The molecule has 7 nitrogen and oxygen atoms in total. The molecule has 3 rings (SSSR count). The van der Waals surface area contributed by atoms with Crippen molar-refractivity contribution in [3.05, 3.63) is 66.2 Å². The molecule has 0 atom stereocenters. The minimum absolute atomic E-state index is 0.0722. The third-order valence-corrected chi connectivity index (χ3v) is 6.88. The van der Waals surface area contributed by atoms with Crippen LogP contribution in [0.25, 0.3) is 6.08 Å². The van der Waals surface area contributed by atoms with E-state index in [1.54, 1.807) is 24.3 Å². The highest BCUT2D eigenvalue weighted by Crippen LogP contribution is 2.29. The standard InChI is InChI=1S/C25H33N3O4S/c1-32-24-14-7-6-13-23(24)28(33(2,30)31)17-9-15-25(29)27-20-18-26(19-21-27)16-8-12-22-10-4-3-5-11-22/h3-8,10-14H,9,15-21H2,1-2H3/b12-8+. The molecule has 0 saturated carbocycles. The number of rotatable bonds is 10. The molecule has 1 heterocycles. The number of ether oxygens (including phenoxy) is 1. The van der Waals surface area contributed by atoms with Crippen LogP contribution in [0.15, 0.2) is 60.7 Å². The molecule has 2 aromatic carbocycles. The van der Waals surface area contributed by atoms with Crippen LogP contribution in [0.2, 0.25) is 0 Å². The molecule has 1 aliphatic heterocycles. The first-order valence-corrected chi connectivity index (χ1v) is 13.1. The summed E-state index contributed by atoms with van der Waals surface area (Å²) in [5, 5.41) is 0. The van der Waals surface area contributed by atoms with Crippen molar-refractivity contribution in [2.75, 3.05) is 56.9 Å². The second-order valence-corrected chi connectivity index (χ2v) is 10.0. The van der Waals surface area contributed by atoms with E-state index in [1.807, 2.05) is 23.1 Å². The van der Waals surface area contributed by atoms with Gasteiger partial charge < -0.3 is 9.64 Å². The van der Waals surface area contributed by atoms with Gasteiger partial charge in [-0.05, 0) is 24.1 Å². The number of hydrogen-bond acceptors (Lipinski definition) is 5. The Morgan fingerprint density at radius 2 is 1.70 bits per heavy atom. The van der Waals surface area contributed by atoms with Gasteiger partial charge in [0.1, 0.15) is 5.75 Å². The lowest BCUT2D eigenvalue weighted by Gasteiger charge is -2.34. The fourth-order valence-corrected chi connectivity index (χ4v) is 4.88. The molecule has 2 aromatic rings. The van der Waals surface area contributed by atoms with Crippen molar-refractivity contribution >= 4 is 27.7 Å². The average Bonchev–Trinajstić information content (AvgIpc) is 2.82. The number of benzene rings is 2. The van der Waals surface area contributed by atoms with Gasteiger partial charge in [-0.3, -0.25) is 14.0 Å². The Morgan fingerprint density at radius 3 is 2.36 bits per heavy atom. The van der Waals surface area contributed by atoms with Crippen LogP contribution in [0.3, 0.4) is 0 Å². The van der Waals surface area contributed by atoms with E-state index in [-0.39, 0.29) is 12.5 Å². The molecule has 178 valence electrons. The van der Waals surface area contributed by atoms with Crippen LogP contribution in [0, 0.1) is 0 Å². The summed E-state index contributed by atoms with van der Waals surface area (Å²) < 4.78 is 31.3. The normalized spacial score (nSPS) is 15.0. The van der Waals surface area contributed by atoms with E-state index in [2.05, 4.69) is 29.2 Å². The molecular formula is C25H33N3O4S. The molecule has 8 heteroatoms. The van der Waals surface area contributed by atoms with E-state index in [9.17, 15) is 13.2 Å². The highest BCUT2D eigenvalue weighted by Gasteiger charge is 2.23. The monoisotopic (exact) mass is 471 g/mol. The Hall–Kier alpha value is -2.84. The van der Waals surface area contributed by atoms with Crippen molar-refractivity contribution in [1.29, 1.82) is 0 Å². The molecule has 0 bridgehead atoms. The first kappa shape index (κ1) is 24.8. The zero-order valence-corrected chi connectivity index (χ0v) is 20.2. The van der Waals surface area contributed by atoms with Crippen LogP contribution in [0.1, 0.15) is 18.4 Å². The van der Waals surface area contributed by atoms with Crippen LogP contribution in [0.4, 0.5) is 5.69 Å². The Balaban J connectivity index is 1.45. The van der Waals surface area contributed by atoms with Crippen molar-refractivity contribution in [2.24, 2.45) is 0 Å². The number of carbonyl (C=O) groups excluding carboxylic acids is 1. The maximum Gasteiger partial charge on any atom is 0.232 e. The van der Waals surface area contributed by atoms with Gasteiger partial charge in [0.2, 0.25) is 15.9 Å². The van der Waals surface area contributed by atoms with Crippen molar-refractivity contribution < 1.29 is 17.9 Å². The third-order valence-electron chi connectivity index (χ3n) is 5.70. The molecule has 1 saturated heterocycles.